The lowest BCUT2D eigenvalue weighted by molar-refractivity contribution is 0.897. The molecule has 0 radical (unpaired) electrons. The molecule has 2 aromatic rings. The molecule has 21 heavy (non-hydrogen) atoms. The van der Waals surface area contributed by atoms with Crippen LogP contribution in [0.25, 0.3) is 11.3 Å². The molecule has 0 aliphatic rings. The van der Waals surface area contributed by atoms with Crippen molar-refractivity contribution in [1.82, 2.24) is 9.97 Å². The van der Waals surface area contributed by atoms with Gasteiger partial charge >= 0.3 is 0 Å². The van der Waals surface area contributed by atoms with Crippen LogP contribution >= 0.6 is 23.5 Å². The zero-order chi connectivity index (χ0) is 14.9. The van der Waals surface area contributed by atoms with E-state index < -0.39 is 0 Å². The fourth-order valence-electron chi connectivity index (χ4n) is 1.71. The van der Waals surface area contributed by atoms with Crippen LogP contribution in [0, 0.1) is 11.3 Å². The first kappa shape index (κ1) is 15.9. The van der Waals surface area contributed by atoms with Crippen LogP contribution in [0.15, 0.2) is 41.6 Å². The second-order valence-electron chi connectivity index (χ2n) is 4.41. The highest BCUT2D eigenvalue weighted by Gasteiger charge is 2.09. The van der Waals surface area contributed by atoms with Crippen LogP contribution < -0.4 is 0 Å². The van der Waals surface area contributed by atoms with Gasteiger partial charge in [-0.05, 0) is 12.2 Å². The molecule has 0 atom stereocenters. The van der Waals surface area contributed by atoms with Gasteiger partial charge in [0.15, 0.2) is 5.69 Å². The predicted octanol–water partition coefficient (Wildman–Crippen LogP) is 4.60. The Morgan fingerprint density at radius 3 is 2.76 bits per heavy atom. The summed E-state index contributed by atoms with van der Waals surface area (Å²) in [7, 11) is 0. The monoisotopic (exact) mass is 315 g/mol. The van der Waals surface area contributed by atoms with Gasteiger partial charge < -0.3 is 0 Å². The summed E-state index contributed by atoms with van der Waals surface area (Å²) in [6, 6.07) is 12.0. The summed E-state index contributed by atoms with van der Waals surface area (Å²) < 4.78 is 0. The number of unbranched alkanes of at least 4 members (excludes halogenated alkanes) is 1. The van der Waals surface area contributed by atoms with Gasteiger partial charge in [-0.15, -0.1) is 0 Å². The Balaban J connectivity index is 2.05. The molecule has 0 spiro atoms. The summed E-state index contributed by atoms with van der Waals surface area (Å²) in [4.78, 5) is 8.83. The lowest BCUT2D eigenvalue weighted by Gasteiger charge is -2.05. The second-order valence-corrected chi connectivity index (χ2v) is 6.85. The average Bonchev–Trinajstić information content (AvgIpc) is 2.55. The normalized spacial score (nSPS) is 10.3. The minimum absolute atomic E-state index is 0.414. The Kier molecular flexibility index (Phi) is 6.58. The van der Waals surface area contributed by atoms with Crippen LogP contribution in [-0.2, 0) is 0 Å². The van der Waals surface area contributed by atoms with Gasteiger partial charge in [-0.2, -0.15) is 17.0 Å². The van der Waals surface area contributed by atoms with Gasteiger partial charge in [0, 0.05) is 10.6 Å². The largest absolute Gasteiger partial charge is 0.245 e. The summed E-state index contributed by atoms with van der Waals surface area (Å²) in [5, 5.41) is 10.9. The second kappa shape index (κ2) is 8.71. The number of aromatic nitrogens is 2. The van der Waals surface area contributed by atoms with Crippen molar-refractivity contribution in [3.05, 3.63) is 42.2 Å². The number of hydrogen-bond acceptors (Lipinski definition) is 5. The van der Waals surface area contributed by atoms with Gasteiger partial charge in [0.25, 0.3) is 0 Å². The zero-order valence-corrected chi connectivity index (χ0v) is 13.6. The van der Waals surface area contributed by atoms with E-state index in [2.05, 4.69) is 23.0 Å². The van der Waals surface area contributed by atoms with Crippen LogP contribution in [0.5, 0.6) is 0 Å². The molecule has 2 rings (SSSR count). The number of thioether (sulfide) groups is 2. The molecule has 0 amide bonds. The van der Waals surface area contributed by atoms with Crippen LogP contribution in [0.4, 0.5) is 0 Å². The molecule has 0 N–H and O–H groups in total. The van der Waals surface area contributed by atoms with E-state index in [9.17, 15) is 5.26 Å². The van der Waals surface area contributed by atoms with E-state index in [0.717, 1.165) is 27.1 Å². The minimum atomic E-state index is 0.414. The SMILES string of the molecule is CCCCSCSc1ncc(-c2ccccc2)nc1C#N. The topological polar surface area (TPSA) is 49.6 Å². The molecule has 3 nitrogen and oxygen atoms in total. The third-order valence-corrected chi connectivity index (χ3v) is 5.12. The van der Waals surface area contributed by atoms with Crippen molar-refractivity contribution in [1.29, 1.82) is 5.26 Å². The molecule has 0 fully saturated rings. The Bertz CT molecular complexity index is 609. The average molecular weight is 315 g/mol. The Morgan fingerprint density at radius 2 is 2.05 bits per heavy atom. The van der Waals surface area contributed by atoms with Gasteiger partial charge in [0.2, 0.25) is 0 Å². The number of benzene rings is 1. The summed E-state index contributed by atoms with van der Waals surface area (Å²) in [6.07, 6.45) is 4.19. The highest BCUT2D eigenvalue weighted by molar-refractivity contribution is 8.15. The maximum absolute atomic E-state index is 9.26. The highest BCUT2D eigenvalue weighted by Crippen LogP contribution is 2.25. The Labute approximate surface area is 134 Å². The van der Waals surface area contributed by atoms with Crippen molar-refractivity contribution in [2.75, 3.05) is 10.8 Å². The number of hydrogen-bond donors (Lipinski definition) is 0. The van der Waals surface area contributed by atoms with Crippen LogP contribution in [-0.4, -0.2) is 20.8 Å². The minimum Gasteiger partial charge on any atom is -0.245 e. The molecule has 5 heteroatoms. The van der Waals surface area contributed by atoms with Crippen molar-refractivity contribution in [3.8, 4) is 17.3 Å². The lowest BCUT2D eigenvalue weighted by atomic mass is 10.2. The molecule has 0 unspecified atom stereocenters. The van der Waals surface area contributed by atoms with Gasteiger partial charge in [-0.25, -0.2) is 9.97 Å². The standard InChI is InChI=1S/C16H17N3S2/c1-2-3-9-20-12-21-16-14(10-17)19-15(11-18-16)13-7-5-4-6-8-13/h4-8,11H,2-3,9,12H2,1H3. The fraction of sp³-hybridized carbons (Fsp3) is 0.312. The fourth-order valence-corrected chi connectivity index (χ4v) is 3.81. The maximum Gasteiger partial charge on any atom is 0.173 e. The van der Waals surface area contributed by atoms with Crippen molar-refractivity contribution in [3.63, 3.8) is 0 Å². The summed E-state index contributed by atoms with van der Waals surface area (Å²) >= 11 is 3.47. The number of nitriles is 1. The van der Waals surface area contributed by atoms with Crippen LogP contribution in [0.3, 0.4) is 0 Å². The molecule has 0 saturated carbocycles. The molecular weight excluding hydrogens is 298 g/mol. The molecule has 0 aliphatic carbocycles. The van der Waals surface area contributed by atoms with Crippen LogP contribution in [0.1, 0.15) is 25.5 Å². The highest BCUT2D eigenvalue weighted by atomic mass is 32.2. The van der Waals surface area contributed by atoms with Gasteiger partial charge in [-0.3, -0.25) is 0 Å². The predicted molar refractivity (Wildman–Crippen MR) is 90.3 cm³/mol. The Hall–Kier alpha value is -1.51. The van der Waals surface area contributed by atoms with E-state index in [0.29, 0.717) is 5.69 Å². The van der Waals surface area contributed by atoms with Gasteiger partial charge in [0.05, 0.1) is 11.9 Å². The number of rotatable bonds is 7. The van der Waals surface area contributed by atoms with Gasteiger partial charge in [-0.1, -0.05) is 55.4 Å². The van der Waals surface area contributed by atoms with Crippen molar-refractivity contribution >= 4 is 23.5 Å². The van der Waals surface area contributed by atoms with E-state index >= 15 is 0 Å². The molecule has 0 bridgehead atoms. The van der Waals surface area contributed by atoms with Crippen LogP contribution in [0.2, 0.25) is 0 Å². The molecule has 1 aromatic heterocycles. The third kappa shape index (κ3) is 4.76. The summed E-state index contributed by atoms with van der Waals surface area (Å²) in [6.45, 7) is 2.19. The summed E-state index contributed by atoms with van der Waals surface area (Å²) in [5.74, 6) is 1.15. The molecule has 1 aromatic carbocycles. The first-order chi connectivity index (χ1) is 10.3. The first-order valence-electron chi connectivity index (χ1n) is 6.88. The van der Waals surface area contributed by atoms with Crippen molar-refractivity contribution < 1.29 is 0 Å². The van der Waals surface area contributed by atoms with E-state index in [4.69, 9.17) is 0 Å². The third-order valence-electron chi connectivity index (χ3n) is 2.84. The zero-order valence-electron chi connectivity index (χ0n) is 12.0. The molecular formula is C16H17N3S2. The Morgan fingerprint density at radius 1 is 1.24 bits per heavy atom. The van der Waals surface area contributed by atoms with E-state index in [1.54, 1.807) is 18.0 Å². The van der Waals surface area contributed by atoms with Crippen molar-refractivity contribution in [2.45, 2.75) is 24.8 Å². The smallest absolute Gasteiger partial charge is 0.173 e. The quantitative estimate of drug-likeness (QED) is 0.424. The maximum atomic E-state index is 9.26. The molecule has 0 saturated heterocycles. The van der Waals surface area contributed by atoms with Gasteiger partial charge in [0.1, 0.15) is 11.1 Å². The molecule has 1 heterocycles. The molecule has 108 valence electrons. The molecule has 0 aliphatic heterocycles. The van der Waals surface area contributed by atoms with E-state index in [1.807, 2.05) is 42.1 Å². The summed E-state index contributed by atoms with van der Waals surface area (Å²) in [5.41, 5.74) is 2.14. The lowest BCUT2D eigenvalue weighted by Crippen LogP contribution is -1.95. The first-order valence-corrected chi connectivity index (χ1v) is 9.02. The van der Waals surface area contributed by atoms with Crippen molar-refractivity contribution in [2.24, 2.45) is 0 Å². The van der Waals surface area contributed by atoms with E-state index in [1.165, 1.54) is 12.8 Å². The van der Waals surface area contributed by atoms with E-state index in [-0.39, 0.29) is 0 Å². The number of nitrogens with zero attached hydrogens (tertiary/aromatic N) is 3.